The average molecular weight is 328 g/mol. The van der Waals surface area contributed by atoms with Gasteiger partial charge in [-0.3, -0.25) is 4.79 Å². The van der Waals surface area contributed by atoms with Crippen LogP contribution in [0, 0.1) is 0 Å². The Bertz CT molecular complexity index is 485. The van der Waals surface area contributed by atoms with E-state index < -0.39 is 17.4 Å². The van der Waals surface area contributed by atoms with E-state index in [4.69, 9.17) is 0 Å². The molecule has 1 rings (SSSR count). The Morgan fingerprint density at radius 1 is 1.37 bits per heavy atom. The van der Waals surface area contributed by atoms with Crippen molar-refractivity contribution in [2.24, 2.45) is 0 Å². The molecule has 1 aromatic rings. The normalized spacial score (nSPS) is 12.7. The van der Waals surface area contributed by atoms with Gasteiger partial charge in [0.05, 0.1) is 12.5 Å². The third kappa shape index (κ3) is 3.80. The summed E-state index contributed by atoms with van der Waals surface area (Å²) in [6, 6.07) is 6.88. The fourth-order valence-corrected chi connectivity index (χ4v) is 2.02. The lowest BCUT2D eigenvalue weighted by molar-refractivity contribution is -0.145. The molecule has 0 aliphatic carbocycles. The summed E-state index contributed by atoms with van der Waals surface area (Å²) in [5.41, 5.74) is 0.142. The molecule has 0 saturated carbocycles. The third-order valence-corrected chi connectivity index (χ3v) is 3.51. The van der Waals surface area contributed by atoms with Crippen LogP contribution in [0.25, 0.3) is 0 Å². The van der Waals surface area contributed by atoms with Crippen molar-refractivity contribution in [2.75, 3.05) is 7.11 Å². The Morgan fingerprint density at radius 3 is 2.53 bits per heavy atom. The van der Waals surface area contributed by atoms with Gasteiger partial charge in [-0.1, -0.05) is 28.1 Å². The molecule has 0 fully saturated rings. The van der Waals surface area contributed by atoms with Gasteiger partial charge in [-0.05, 0) is 38.5 Å². The fourth-order valence-electron chi connectivity index (χ4n) is 1.62. The molecule has 0 unspecified atom stereocenters. The fraction of sp³-hybridized carbons (Fsp3) is 0.429. The van der Waals surface area contributed by atoms with Crippen molar-refractivity contribution in [1.82, 2.24) is 5.32 Å². The summed E-state index contributed by atoms with van der Waals surface area (Å²) in [6.45, 7) is 5.23. The highest BCUT2D eigenvalue weighted by molar-refractivity contribution is 9.10. The van der Waals surface area contributed by atoms with Gasteiger partial charge in [-0.2, -0.15) is 0 Å². The van der Waals surface area contributed by atoms with Crippen molar-refractivity contribution in [3.05, 3.63) is 34.3 Å². The summed E-state index contributed by atoms with van der Waals surface area (Å²) in [4.78, 5) is 23.6. The number of hydrogen-bond donors (Lipinski definition) is 1. The molecule has 1 atom stereocenters. The van der Waals surface area contributed by atoms with Crippen molar-refractivity contribution in [3.63, 3.8) is 0 Å². The number of hydrogen-bond acceptors (Lipinski definition) is 3. The number of rotatable bonds is 4. The molecular formula is C14H18BrNO3. The van der Waals surface area contributed by atoms with E-state index in [0.29, 0.717) is 0 Å². The van der Waals surface area contributed by atoms with Crippen LogP contribution in [0.15, 0.2) is 28.7 Å². The Hall–Kier alpha value is -1.36. The maximum Gasteiger partial charge on any atom is 0.328 e. The molecule has 5 heteroatoms. The highest BCUT2D eigenvalue weighted by Gasteiger charge is 2.32. The van der Waals surface area contributed by atoms with E-state index in [9.17, 15) is 9.59 Å². The van der Waals surface area contributed by atoms with Crippen LogP contribution in [-0.2, 0) is 19.7 Å². The summed E-state index contributed by atoms with van der Waals surface area (Å²) in [7, 11) is 1.30. The van der Waals surface area contributed by atoms with Gasteiger partial charge >= 0.3 is 5.97 Å². The number of carbonyl (C=O) groups excluding carboxylic acids is 2. The summed E-state index contributed by atoms with van der Waals surface area (Å²) in [5.74, 6) is -0.679. The van der Waals surface area contributed by atoms with E-state index in [1.807, 2.05) is 38.1 Å². The number of nitrogens with one attached hydrogen (secondary N) is 1. The zero-order chi connectivity index (χ0) is 14.6. The number of methoxy groups -OCH3 is 1. The van der Waals surface area contributed by atoms with Crippen LogP contribution in [0.3, 0.4) is 0 Å². The summed E-state index contributed by atoms with van der Waals surface area (Å²) >= 11 is 3.38. The zero-order valence-electron chi connectivity index (χ0n) is 11.5. The van der Waals surface area contributed by atoms with Crippen molar-refractivity contribution in [1.29, 1.82) is 0 Å². The van der Waals surface area contributed by atoms with Gasteiger partial charge in [-0.25, -0.2) is 4.79 Å². The van der Waals surface area contributed by atoms with Crippen molar-refractivity contribution in [3.8, 4) is 0 Å². The molecule has 4 nitrogen and oxygen atoms in total. The molecule has 1 aromatic carbocycles. The van der Waals surface area contributed by atoms with E-state index in [1.165, 1.54) is 7.11 Å². The molecule has 104 valence electrons. The number of ether oxygens (including phenoxy) is 1. The van der Waals surface area contributed by atoms with Crippen molar-refractivity contribution >= 4 is 27.8 Å². The van der Waals surface area contributed by atoms with Crippen LogP contribution in [0.1, 0.15) is 26.3 Å². The van der Waals surface area contributed by atoms with Gasteiger partial charge in [0, 0.05) is 4.47 Å². The maximum atomic E-state index is 12.3. The molecule has 1 N–H and O–H groups in total. The summed E-state index contributed by atoms with van der Waals surface area (Å²) in [6.07, 6.45) is 0. The molecule has 0 bridgehead atoms. The van der Waals surface area contributed by atoms with Gasteiger partial charge in [0.2, 0.25) is 5.91 Å². The first-order chi connectivity index (χ1) is 8.78. The number of halogens is 1. The number of benzene rings is 1. The van der Waals surface area contributed by atoms with Crippen LogP contribution >= 0.6 is 15.9 Å². The first kappa shape index (κ1) is 15.7. The smallest absolute Gasteiger partial charge is 0.328 e. The number of amides is 1. The van der Waals surface area contributed by atoms with Gasteiger partial charge in [-0.15, -0.1) is 0 Å². The first-order valence-corrected chi connectivity index (χ1v) is 6.73. The Morgan fingerprint density at radius 2 is 2.00 bits per heavy atom. The average Bonchev–Trinajstić information content (AvgIpc) is 2.37. The molecule has 0 heterocycles. The molecular weight excluding hydrogens is 310 g/mol. The monoisotopic (exact) mass is 327 g/mol. The maximum absolute atomic E-state index is 12.3. The molecule has 19 heavy (non-hydrogen) atoms. The molecule has 1 amide bonds. The molecule has 0 saturated heterocycles. The predicted molar refractivity (Wildman–Crippen MR) is 76.8 cm³/mol. The summed E-state index contributed by atoms with van der Waals surface area (Å²) in [5, 5.41) is 2.66. The van der Waals surface area contributed by atoms with Gasteiger partial charge in [0.15, 0.2) is 0 Å². The Kier molecular flexibility index (Phi) is 5.11. The Balaban J connectivity index is 2.88. The third-order valence-electron chi connectivity index (χ3n) is 3.02. The standard InChI is InChI=1S/C14H18BrNO3/c1-9(12(17)19-4)16-13(18)14(2,3)10-6-5-7-11(15)8-10/h5-9H,1-4H3,(H,16,18)/t9-/m0/s1. The summed E-state index contributed by atoms with van der Waals surface area (Å²) < 4.78 is 5.50. The van der Waals surface area contributed by atoms with Gasteiger partial charge < -0.3 is 10.1 Å². The SMILES string of the molecule is COC(=O)[C@H](C)NC(=O)C(C)(C)c1cccc(Br)c1. The highest BCUT2D eigenvalue weighted by atomic mass is 79.9. The zero-order valence-corrected chi connectivity index (χ0v) is 13.1. The minimum absolute atomic E-state index is 0.219. The minimum atomic E-state index is -0.730. The van der Waals surface area contributed by atoms with E-state index in [-0.39, 0.29) is 5.91 Å². The van der Waals surface area contributed by atoms with Crippen LogP contribution in [0.4, 0.5) is 0 Å². The number of carbonyl (C=O) groups is 2. The lowest BCUT2D eigenvalue weighted by Crippen LogP contribution is -2.47. The largest absolute Gasteiger partial charge is 0.467 e. The molecule has 0 spiro atoms. The van der Waals surface area contributed by atoms with E-state index in [2.05, 4.69) is 26.0 Å². The van der Waals surface area contributed by atoms with E-state index in [0.717, 1.165) is 10.0 Å². The second kappa shape index (κ2) is 6.19. The minimum Gasteiger partial charge on any atom is -0.467 e. The van der Waals surface area contributed by atoms with Crippen molar-refractivity contribution < 1.29 is 14.3 Å². The Labute approximate surface area is 121 Å². The van der Waals surface area contributed by atoms with Crippen molar-refractivity contribution in [2.45, 2.75) is 32.2 Å². The lowest BCUT2D eigenvalue weighted by atomic mass is 9.83. The lowest BCUT2D eigenvalue weighted by Gasteiger charge is -2.26. The van der Waals surface area contributed by atoms with E-state index in [1.54, 1.807) is 6.92 Å². The van der Waals surface area contributed by atoms with E-state index >= 15 is 0 Å². The van der Waals surface area contributed by atoms with Crippen LogP contribution in [-0.4, -0.2) is 25.0 Å². The molecule has 0 aliphatic rings. The van der Waals surface area contributed by atoms with Crippen LogP contribution < -0.4 is 5.32 Å². The molecule has 0 aromatic heterocycles. The quantitative estimate of drug-likeness (QED) is 0.864. The first-order valence-electron chi connectivity index (χ1n) is 5.94. The topological polar surface area (TPSA) is 55.4 Å². The molecule has 0 aliphatic heterocycles. The van der Waals surface area contributed by atoms with Crippen LogP contribution in [0.2, 0.25) is 0 Å². The number of esters is 1. The molecule has 0 radical (unpaired) electrons. The highest BCUT2D eigenvalue weighted by Crippen LogP contribution is 2.26. The predicted octanol–water partition coefficient (Wildman–Crippen LogP) is 2.40. The second-order valence-corrected chi connectivity index (χ2v) is 5.77. The second-order valence-electron chi connectivity index (χ2n) is 4.85. The van der Waals surface area contributed by atoms with Gasteiger partial charge in [0.1, 0.15) is 6.04 Å². The van der Waals surface area contributed by atoms with Gasteiger partial charge in [0.25, 0.3) is 0 Å². The van der Waals surface area contributed by atoms with Crippen LogP contribution in [0.5, 0.6) is 0 Å².